The van der Waals surface area contributed by atoms with Gasteiger partial charge in [0.1, 0.15) is 5.41 Å². The molecular weight excluding hydrogens is 222 g/mol. The summed E-state index contributed by atoms with van der Waals surface area (Å²) in [6, 6.07) is 0.106. The Hall–Kier alpha value is -1.30. The lowest BCUT2D eigenvalue weighted by Crippen LogP contribution is -2.46. The Bertz CT molecular complexity index is 331. The van der Waals surface area contributed by atoms with Crippen LogP contribution in [0.1, 0.15) is 38.5 Å². The van der Waals surface area contributed by atoms with Gasteiger partial charge in [0.05, 0.1) is 6.10 Å². The molecule has 96 valence electrons. The molecule has 2 aliphatic carbocycles. The van der Waals surface area contributed by atoms with Gasteiger partial charge in [0.2, 0.25) is 5.91 Å². The first-order chi connectivity index (χ1) is 8.08. The van der Waals surface area contributed by atoms with E-state index < -0.39 is 5.41 Å². The highest BCUT2D eigenvalue weighted by molar-refractivity contribution is 6.09. The second kappa shape index (κ2) is 4.52. The number of amides is 1. The number of rotatable bonds is 3. The molecule has 6 heteroatoms. The molecule has 0 aliphatic heterocycles. The van der Waals surface area contributed by atoms with Crippen molar-refractivity contribution < 1.29 is 15.1 Å². The van der Waals surface area contributed by atoms with Gasteiger partial charge in [-0.15, -0.1) is 0 Å². The maximum absolute atomic E-state index is 12.0. The van der Waals surface area contributed by atoms with Crippen LogP contribution in [0.5, 0.6) is 0 Å². The van der Waals surface area contributed by atoms with Crippen LogP contribution in [0.2, 0.25) is 0 Å². The van der Waals surface area contributed by atoms with Crippen molar-refractivity contribution in [1.82, 2.24) is 5.32 Å². The minimum Gasteiger partial charge on any atom is -0.409 e. The first kappa shape index (κ1) is 12.2. The summed E-state index contributed by atoms with van der Waals surface area (Å²) in [7, 11) is 0. The van der Waals surface area contributed by atoms with Crippen LogP contribution in [0.4, 0.5) is 0 Å². The Morgan fingerprint density at radius 1 is 1.29 bits per heavy atom. The summed E-state index contributed by atoms with van der Waals surface area (Å²) in [4.78, 5) is 12.0. The molecule has 6 nitrogen and oxygen atoms in total. The third-order valence-electron chi connectivity index (χ3n) is 3.81. The zero-order chi connectivity index (χ0) is 12.5. The number of hydrogen-bond donors (Lipinski definition) is 4. The highest BCUT2D eigenvalue weighted by atomic mass is 16.4. The minimum absolute atomic E-state index is 0.00541. The van der Waals surface area contributed by atoms with Crippen LogP contribution in [-0.2, 0) is 4.79 Å². The van der Waals surface area contributed by atoms with Gasteiger partial charge in [0.25, 0.3) is 0 Å². The normalized spacial score (nSPS) is 31.9. The van der Waals surface area contributed by atoms with Crippen LogP contribution >= 0.6 is 0 Å². The van der Waals surface area contributed by atoms with Crippen LogP contribution in [0.3, 0.4) is 0 Å². The molecule has 0 aromatic rings. The quantitative estimate of drug-likeness (QED) is 0.240. The molecule has 0 radical (unpaired) electrons. The van der Waals surface area contributed by atoms with Crippen LogP contribution in [0.15, 0.2) is 5.16 Å². The smallest absolute Gasteiger partial charge is 0.234 e. The van der Waals surface area contributed by atoms with Crippen molar-refractivity contribution in [3.05, 3.63) is 0 Å². The van der Waals surface area contributed by atoms with Crippen LogP contribution < -0.4 is 11.1 Å². The summed E-state index contributed by atoms with van der Waals surface area (Å²) in [5.41, 5.74) is 4.77. The van der Waals surface area contributed by atoms with E-state index in [9.17, 15) is 9.90 Å². The van der Waals surface area contributed by atoms with Gasteiger partial charge >= 0.3 is 0 Å². The third kappa shape index (κ3) is 2.36. The van der Waals surface area contributed by atoms with Crippen LogP contribution in [-0.4, -0.2) is 34.2 Å². The monoisotopic (exact) mass is 241 g/mol. The highest BCUT2D eigenvalue weighted by Crippen LogP contribution is 2.46. The standard InChI is InChI=1S/C11H19N3O3/c12-9(14-17)11(5-6-11)10(16)13-7-1-3-8(15)4-2-7/h7-8,15,17H,1-6H2,(H2,12,14)(H,13,16). The van der Waals surface area contributed by atoms with E-state index in [4.69, 9.17) is 10.9 Å². The summed E-state index contributed by atoms with van der Waals surface area (Å²) in [5.74, 6) is -0.139. The van der Waals surface area contributed by atoms with Crippen LogP contribution in [0, 0.1) is 5.41 Å². The van der Waals surface area contributed by atoms with Gasteiger partial charge in [-0.2, -0.15) is 0 Å². The molecule has 5 N–H and O–H groups in total. The molecule has 2 fully saturated rings. The van der Waals surface area contributed by atoms with Gasteiger partial charge in [-0.1, -0.05) is 5.16 Å². The molecule has 2 saturated carbocycles. The predicted molar refractivity (Wildman–Crippen MR) is 61.5 cm³/mol. The Labute approximate surface area is 99.9 Å². The van der Waals surface area contributed by atoms with Crippen molar-refractivity contribution in [2.45, 2.75) is 50.7 Å². The van der Waals surface area contributed by atoms with Gasteiger partial charge < -0.3 is 21.4 Å². The average molecular weight is 241 g/mol. The van der Waals surface area contributed by atoms with E-state index in [0.29, 0.717) is 12.8 Å². The zero-order valence-corrected chi connectivity index (χ0v) is 9.72. The van der Waals surface area contributed by atoms with Crippen molar-refractivity contribution in [1.29, 1.82) is 0 Å². The second-order valence-electron chi connectivity index (χ2n) is 5.05. The molecule has 0 spiro atoms. The SMILES string of the molecule is NC(=NO)C1(C(=O)NC2CCC(O)CC2)CC1. The van der Waals surface area contributed by atoms with Crippen molar-refractivity contribution in [3.8, 4) is 0 Å². The number of aliphatic hydroxyl groups is 1. The Morgan fingerprint density at radius 3 is 2.35 bits per heavy atom. The predicted octanol–water partition coefficient (Wildman–Crippen LogP) is -0.0673. The number of nitrogens with two attached hydrogens (primary N) is 1. The molecule has 0 heterocycles. The van der Waals surface area contributed by atoms with E-state index in [2.05, 4.69) is 10.5 Å². The van der Waals surface area contributed by atoms with Gasteiger partial charge in [0.15, 0.2) is 5.84 Å². The zero-order valence-electron chi connectivity index (χ0n) is 9.72. The van der Waals surface area contributed by atoms with Crippen molar-refractivity contribution in [2.24, 2.45) is 16.3 Å². The fraction of sp³-hybridized carbons (Fsp3) is 0.818. The summed E-state index contributed by atoms with van der Waals surface area (Å²) in [6.07, 6.45) is 4.08. The number of nitrogens with one attached hydrogen (secondary N) is 1. The number of hydrogen-bond acceptors (Lipinski definition) is 4. The fourth-order valence-electron chi connectivity index (χ4n) is 2.36. The number of amidine groups is 1. The largest absolute Gasteiger partial charge is 0.409 e. The maximum Gasteiger partial charge on any atom is 0.234 e. The molecule has 0 atom stereocenters. The van der Waals surface area contributed by atoms with Crippen molar-refractivity contribution >= 4 is 11.7 Å². The van der Waals surface area contributed by atoms with Crippen molar-refractivity contribution in [2.75, 3.05) is 0 Å². The maximum atomic E-state index is 12.0. The highest BCUT2D eigenvalue weighted by Gasteiger charge is 2.54. The topological polar surface area (TPSA) is 108 Å². The summed E-state index contributed by atoms with van der Waals surface area (Å²) in [6.45, 7) is 0. The first-order valence-electron chi connectivity index (χ1n) is 6.05. The molecule has 2 aliphatic rings. The number of oxime groups is 1. The molecule has 0 saturated heterocycles. The van der Waals surface area contributed by atoms with E-state index in [1.54, 1.807) is 0 Å². The number of carbonyl (C=O) groups excluding carboxylic acids is 1. The Kier molecular flexibility index (Phi) is 3.24. The van der Waals surface area contributed by atoms with Crippen LogP contribution in [0.25, 0.3) is 0 Å². The molecular formula is C11H19N3O3. The Balaban J connectivity index is 1.90. The van der Waals surface area contributed by atoms with Gasteiger partial charge in [0, 0.05) is 6.04 Å². The van der Waals surface area contributed by atoms with E-state index in [1.807, 2.05) is 0 Å². The van der Waals surface area contributed by atoms with Gasteiger partial charge in [-0.3, -0.25) is 4.79 Å². The lowest BCUT2D eigenvalue weighted by molar-refractivity contribution is -0.125. The van der Waals surface area contributed by atoms with E-state index in [0.717, 1.165) is 25.7 Å². The number of aliphatic hydroxyl groups excluding tert-OH is 1. The minimum atomic E-state index is -0.773. The second-order valence-corrected chi connectivity index (χ2v) is 5.05. The van der Waals surface area contributed by atoms with Gasteiger partial charge in [-0.25, -0.2) is 0 Å². The molecule has 2 rings (SSSR count). The molecule has 0 aromatic carbocycles. The molecule has 0 unspecified atom stereocenters. The average Bonchev–Trinajstić information content (AvgIpc) is 3.12. The third-order valence-corrected chi connectivity index (χ3v) is 3.81. The van der Waals surface area contributed by atoms with E-state index >= 15 is 0 Å². The summed E-state index contributed by atoms with van der Waals surface area (Å²) < 4.78 is 0. The van der Waals surface area contributed by atoms with E-state index in [1.165, 1.54) is 0 Å². The molecule has 0 bridgehead atoms. The lowest BCUT2D eigenvalue weighted by atomic mass is 9.92. The van der Waals surface area contributed by atoms with Crippen molar-refractivity contribution in [3.63, 3.8) is 0 Å². The fourth-order valence-corrected chi connectivity index (χ4v) is 2.36. The molecule has 0 aromatic heterocycles. The number of nitrogens with zero attached hydrogens (tertiary/aromatic N) is 1. The lowest BCUT2D eigenvalue weighted by Gasteiger charge is -2.27. The molecule has 17 heavy (non-hydrogen) atoms. The summed E-state index contributed by atoms with van der Waals surface area (Å²) in [5, 5.41) is 23.9. The molecule has 1 amide bonds. The first-order valence-corrected chi connectivity index (χ1v) is 6.05. The van der Waals surface area contributed by atoms with E-state index in [-0.39, 0.29) is 23.9 Å². The number of carbonyl (C=O) groups is 1. The Morgan fingerprint density at radius 2 is 1.88 bits per heavy atom. The summed E-state index contributed by atoms with van der Waals surface area (Å²) >= 11 is 0. The van der Waals surface area contributed by atoms with Gasteiger partial charge in [-0.05, 0) is 38.5 Å².